The molecule has 0 aliphatic heterocycles. The summed E-state index contributed by atoms with van der Waals surface area (Å²) in [6, 6.07) is 5.01. The van der Waals surface area contributed by atoms with Crippen molar-refractivity contribution in [1.29, 1.82) is 0 Å². The highest BCUT2D eigenvalue weighted by molar-refractivity contribution is 7.89. The van der Waals surface area contributed by atoms with Gasteiger partial charge in [-0.25, -0.2) is 13.1 Å². The highest BCUT2D eigenvalue weighted by Gasteiger charge is 2.29. The third-order valence-electron chi connectivity index (χ3n) is 3.92. The Morgan fingerprint density at radius 2 is 2.15 bits per heavy atom. The molecule has 0 heterocycles. The SMILES string of the molecule is COc1ccc(CN)cc1S(=O)(=O)NC1CCCC1C. The maximum absolute atomic E-state index is 12.5. The van der Waals surface area contributed by atoms with Gasteiger partial charge in [0.05, 0.1) is 7.11 Å². The maximum atomic E-state index is 12.5. The van der Waals surface area contributed by atoms with Gasteiger partial charge in [-0.2, -0.15) is 0 Å². The van der Waals surface area contributed by atoms with E-state index in [4.69, 9.17) is 10.5 Å². The number of sulfonamides is 1. The second kappa shape index (κ2) is 6.11. The van der Waals surface area contributed by atoms with Gasteiger partial charge in [-0.3, -0.25) is 0 Å². The summed E-state index contributed by atoms with van der Waals surface area (Å²) in [5.41, 5.74) is 6.35. The number of ether oxygens (including phenoxy) is 1. The van der Waals surface area contributed by atoms with E-state index >= 15 is 0 Å². The summed E-state index contributed by atoms with van der Waals surface area (Å²) in [5.74, 6) is 0.716. The van der Waals surface area contributed by atoms with Crippen molar-refractivity contribution in [2.24, 2.45) is 11.7 Å². The Hall–Kier alpha value is -1.11. The minimum atomic E-state index is -3.58. The molecule has 1 aromatic carbocycles. The van der Waals surface area contributed by atoms with Crippen LogP contribution in [0.3, 0.4) is 0 Å². The molecule has 0 amide bonds. The molecule has 1 fully saturated rings. The largest absolute Gasteiger partial charge is 0.495 e. The van der Waals surface area contributed by atoms with Crippen molar-refractivity contribution in [2.45, 2.75) is 43.7 Å². The second-order valence-electron chi connectivity index (χ2n) is 5.33. The molecule has 1 aliphatic rings. The number of nitrogens with one attached hydrogen (secondary N) is 1. The standard InChI is InChI=1S/C14H22N2O3S/c1-10-4-3-5-12(10)16-20(17,18)14-8-11(9-15)6-7-13(14)19-2/h6-8,10,12,16H,3-5,9,15H2,1-2H3. The average molecular weight is 298 g/mol. The van der Waals surface area contributed by atoms with E-state index in [0.717, 1.165) is 24.8 Å². The lowest BCUT2D eigenvalue weighted by atomic mass is 10.1. The first-order chi connectivity index (χ1) is 9.47. The molecule has 6 heteroatoms. The van der Waals surface area contributed by atoms with Gasteiger partial charge in [-0.15, -0.1) is 0 Å². The first-order valence-electron chi connectivity index (χ1n) is 6.87. The predicted molar refractivity (Wildman–Crippen MR) is 78.0 cm³/mol. The summed E-state index contributed by atoms with van der Waals surface area (Å²) < 4.78 is 33.1. The zero-order chi connectivity index (χ0) is 14.8. The topological polar surface area (TPSA) is 81.4 Å². The van der Waals surface area contributed by atoms with Crippen molar-refractivity contribution in [3.8, 4) is 5.75 Å². The highest BCUT2D eigenvalue weighted by atomic mass is 32.2. The molecule has 3 N–H and O–H groups in total. The first-order valence-corrected chi connectivity index (χ1v) is 8.35. The van der Waals surface area contributed by atoms with E-state index in [2.05, 4.69) is 11.6 Å². The second-order valence-corrected chi connectivity index (χ2v) is 7.01. The fourth-order valence-electron chi connectivity index (χ4n) is 2.64. The van der Waals surface area contributed by atoms with Crippen LogP contribution in [-0.4, -0.2) is 21.6 Å². The molecule has 1 aliphatic carbocycles. The van der Waals surface area contributed by atoms with Crippen LogP contribution in [0.5, 0.6) is 5.75 Å². The Balaban J connectivity index is 2.32. The zero-order valence-corrected chi connectivity index (χ0v) is 12.7. The summed E-state index contributed by atoms with van der Waals surface area (Å²) in [4.78, 5) is 0.169. The predicted octanol–water partition coefficient (Wildman–Crippen LogP) is 1.62. The van der Waals surface area contributed by atoms with Crippen molar-refractivity contribution < 1.29 is 13.2 Å². The molecule has 112 valence electrons. The van der Waals surface area contributed by atoms with Crippen molar-refractivity contribution in [3.63, 3.8) is 0 Å². The summed E-state index contributed by atoms with van der Waals surface area (Å²) in [5, 5.41) is 0. The highest BCUT2D eigenvalue weighted by Crippen LogP contribution is 2.29. The fraction of sp³-hybridized carbons (Fsp3) is 0.571. The van der Waals surface area contributed by atoms with E-state index in [1.54, 1.807) is 18.2 Å². The van der Waals surface area contributed by atoms with Crippen LogP contribution in [0.15, 0.2) is 23.1 Å². The van der Waals surface area contributed by atoms with Gasteiger partial charge in [0.15, 0.2) is 0 Å². The number of rotatable bonds is 5. The van der Waals surface area contributed by atoms with Crippen LogP contribution in [0.1, 0.15) is 31.7 Å². The summed E-state index contributed by atoms with van der Waals surface area (Å²) in [6.45, 7) is 2.38. The van der Waals surface area contributed by atoms with E-state index < -0.39 is 10.0 Å². The number of methoxy groups -OCH3 is 1. The quantitative estimate of drug-likeness (QED) is 0.865. The molecule has 0 bridgehead atoms. The van der Waals surface area contributed by atoms with Gasteiger partial charge in [-0.05, 0) is 36.5 Å². The molecule has 0 aromatic heterocycles. The Morgan fingerprint density at radius 3 is 2.70 bits per heavy atom. The van der Waals surface area contributed by atoms with Gasteiger partial charge in [0, 0.05) is 12.6 Å². The van der Waals surface area contributed by atoms with Crippen molar-refractivity contribution in [2.75, 3.05) is 7.11 Å². The van der Waals surface area contributed by atoms with Crippen LogP contribution in [-0.2, 0) is 16.6 Å². The Morgan fingerprint density at radius 1 is 1.40 bits per heavy atom. The van der Waals surface area contributed by atoms with Gasteiger partial charge in [0.25, 0.3) is 0 Å². The molecule has 5 nitrogen and oxygen atoms in total. The van der Waals surface area contributed by atoms with E-state index in [9.17, 15) is 8.42 Å². The zero-order valence-electron chi connectivity index (χ0n) is 11.9. The average Bonchev–Trinajstić information content (AvgIpc) is 2.83. The molecule has 1 saturated carbocycles. The maximum Gasteiger partial charge on any atom is 0.244 e. The fourth-order valence-corrected chi connectivity index (χ4v) is 4.24. The molecule has 2 atom stereocenters. The summed E-state index contributed by atoms with van der Waals surface area (Å²) >= 11 is 0. The number of hydrogen-bond acceptors (Lipinski definition) is 4. The van der Waals surface area contributed by atoms with E-state index in [-0.39, 0.29) is 10.9 Å². The molecular weight excluding hydrogens is 276 g/mol. The number of benzene rings is 1. The van der Waals surface area contributed by atoms with Crippen LogP contribution in [0.2, 0.25) is 0 Å². The smallest absolute Gasteiger partial charge is 0.244 e. The molecule has 0 spiro atoms. The normalized spacial score (nSPS) is 22.9. The van der Waals surface area contributed by atoms with Crippen LogP contribution >= 0.6 is 0 Å². The van der Waals surface area contributed by atoms with Gasteiger partial charge in [-0.1, -0.05) is 19.4 Å². The third kappa shape index (κ3) is 3.13. The number of hydrogen-bond donors (Lipinski definition) is 2. The van der Waals surface area contributed by atoms with Crippen molar-refractivity contribution in [3.05, 3.63) is 23.8 Å². The van der Waals surface area contributed by atoms with E-state index in [0.29, 0.717) is 18.2 Å². The molecule has 2 rings (SSSR count). The van der Waals surface area contributed by atoms with Crippen molar-refractivity contribution >= 4 is 10.0 Å². The number of nitrogens with two attached hydrogens (primary N) is 1. The van der Waals surface area contributed by atoms with Crippen LogP contribution in [0, 0.1) is 5.92 Å². The molecule has 1 aromatic rings. The van der Waals surface area contributed by atoms with Gasteiger partial charge < -0.3 is 10.5 Å². The van der Waals surface area contributed by atoms with E-state index in [1.165, 1.54) is 7.11 Å². The Labute approximate surface area is 120 Å². The third-order valence-corrected chi connectivity index (χ3v) is 5.43. The van der Waals surface area contributed by atoms with Gasteiger partial charge in [0.2, 0.25) is 10.0 Å². The first kappa shape index (κ1) is 15.3. The molecule has 0 radical (unpaired) electrons. The summed E-state index contributed by atoms with van der Waals surface area (Å²) in [6.07, 6.45) is 3.01. The minimum Gasteiger partial charge on any atom is -0.495 e. The van der Waals surface area contributed by atoms with Gasteiger partial charge in [0.1, 0.15) is 10.6 Å². The Bertz CT molecular complexity index is 572. The molecule has 2 unspecified atom stereocenters. The van der Waals surface area contributed by atoms with Crippen LogP contribution < -0.4 is 15.2 Å². The minimum absolute atomic E-state index is 0.00578. The lowest BCUT2D eigenvalue weighted by Gasteiger charge is -2.19. The molecule has 20 heavy (non-hydrogen) atoms. The molecular formula is C14H22N2O3S. The van der Waals surface area contributed by atoms with Crippen LogP contribution in [0.25, 0.3) is 0 Å². The van der Waals surface area contributed by atoms with Gasteiger partial charge >= 0.3 is 0 Å². The molecule has 0 saturated heterocycles. The van der Waals surface area contributed by atoms with Crippen molar-refractivity contribution in [1.82, 2.24) is 4.72 Å². The monoisotopic (exact) mass is 298 g/mol. The lowest BCUT2D eigenvalue weighted by Crippen LogP contribution is -2.36. The summed E-state index contributed by atoms with van der Waals surface area (Å²) in [7, 11) is -2.12. The Kier molecular flexibility index (Phi) is 4.67. The van der Waals surface area contributed by atoms with E-state index in [1.807, 2.05) is 0 Å². The lowest BCUT2D eigenvalue weighted by molar-refractivity contribution is 0.401. The van der Waals surface area contributed by atoms with Crippen LogP contribution in [0.4, 0.5) is 0 Å².